The number of morpholine rings is 1. The predicted molar refractivity (Wildman–Crippen MR) is 88.5 cm³/mol. The molecule has 1 heterocycles. The minimum Gasteiger partial charge on any atom is -0.494 e. The summed E-state index contributed by atoms with van der Waals surface area (Å²) in [4.78, 5) is 37.6. The molecule has 1 aromatic rings. The molecule has 8 nitrogen and oxygen atoms in total. The molecule has 1 aliphatic heterocycles. The molecular formula is C17H21FN2O6. The molecule has 0 aromatic heterocycles. The van der Waals surface area contributed by atoms with E-state index in [2.05, 4.69) is 0 Å². The topological polar surface area (TPSA) is 96.4 Å². The molecular weight excluding hydrogens is 347 g/mol. The molecule has 9 heteroatoms. The van der Waals surface area contributed by atoms with Gasteiger partial charge in [-0.25, -0.2) is 4.39 Å². The van der Waals surface area contributed by atoms with Crippen molar-refractivity contribution in [3.63, 3.8) is 0 Å². The fourth-order valence-electron chi connectivity index (χ4n) is 2.71. The molecule has 142 valence electrons. The van der Waals surface area contributed by atoms with Gasteiger partial charge in [0.05, 0.1) is 19.8 Å². The quantitative estimate of drug-likeness (QED) is 0.790. The van der Waals surface area contributed by atoms with Crippen molar-refractivity contribution < 1.29 is 33.4 Å². The minimum atomic E-state index is -1.13. The van der Waals surface area contributed by atoms with Crippen LogP contribution in [0.15, 0.2) is 18.2 Å². The normalized spacial score (nSPS) is 16.9. The molecule has 1 saturated heterocycles. The predicted octanol–water partition coefficient (Wildman–Crippen LogP) is 0.608. The van der Waals surface area contributed by atoms with E-state index in [9.17, 15) is 18.8 Å². The van der Waals surface area contributed by atoms with Crippen molar-refractivity contribution >= 4 is 17.8 Å². The van der Waals surface area contributed by atoms with Gasteiger partial charge in [0.25, 0.3) is 5.91 Å². The van der Waals surface area contributed by atoms with E-state index >= 15 is 0 Å². The van der Waals surface area contributed by atoms with E-state index in [1.165, 1.54) is 31.1 Å². The van der Waals surface area contributed by atoms with E-state index in [0.29, 0.717) is 6.54 Å². The van der Waals surface area contributed by atoms with Crippen molar-refractivity contribution in [3.05, 3.63) is 29.6 Å². The first-order valence-corrected chi connectivity index (χ1v) is 8.03. The van der Waals surface area contributed by atoms with Crippen LogP contribution in [0.1, 0.15) is 17.3 Å². The van der Waals surface area contributed by atoms with Gasteiger partial charge in [0.1, 0.15) is 6.54 Å². The van der Waals surface area contributed by atoms with Crippen LogP contribution in [-0.2, 0) is 14.3 Å². The van der Waals surface area contributed by atoms with Gasteiger partial charge in [0, 0.05) is 32.1 Å². The molecule has 2 amide bonds. The lowest BCUT2D eigenvalue weighted by atomic mass is 10.1. The van der Waals surface area contributed by atoms with E-state index < -0.39 is 30.3 Å². The van der Waals surface area contributed by atoms with Crippen molar-refractivity contribution in [2.45, 2.75) is 13.0 Å². The van der Waals surface area contributed by atoms with E-state index in [1.54, 1.807) is 0 Å². The first-order chi connectivity index (χ1) is 12.3. The maximum Gasteiger partial charge on any atom is 0.323 e. The maximum absolute atomic E-state index is 13.8. The third-order valence-electron chi connectivity index (χ3n) is 4.02. The van der Waals surface area contributed by atoms with Gasteiger partial charge < -0.3 is 24.4 Å². The molecule has 1 atom stereocenters. The highest BCUT2D eigenvalue weighted by molar-refractivity contribution is 5.94. The smallest absolute Gasteiger partial charge is 0.323 e. The van der Waals surface area contributed by atoms with Gasteiger partial charge in [0.2, 0.25) is 5.91 Å². The highest BCUT2D eigenvalue weighted by atomic mass is 19.1. The molecule has 26 heavy (non-hydrogen) atoms. The summed E-state index contributed by atoms with van der Waals surface area (Å²) in [6.07, 6.45) is -0.515. The summed E-state index contributed by atoms with van der Waals surface area (Å²) in [6, 6.07) is 3.96. The number of benzene rings is 1. The molecule has 0 aliphatic carbocycles. The molecule has 1 unspecified atom stereocenters. The number of aliphatic carboxylic acids is 1. The number of ether oxygens (including phenoxy) is 2. The van der Waals surface area contributed by atoms with Gasteiger partial charge in [0.15, 0.2) is 11.6 Å². The third-order valence-corrected chi connectivity index (χ3v) is 4.02. The Kier molecular flexibility index (Phi) is 6.51. The Balaban J connectivity index is 2.04. The SMILES string of the molecule is COc1ccc(C(=O)N2CCOC(CN(CC(=O)O)C(C)=O)C2)cc1F. The average molecular weight is 368 g/mol. The van der Waals surface area contributed by atoms with Crippen LogP contribution in [0.5, 0.6) is 5.75 Å². The molecule has 1 fully saturated rings. The molecule has 1 N–H and O–H groups in total. The Morgan fingerprint density at radius 2 is 2.15 bits per heavy atom. The standard InChI is InChI=1S/C17H21FN2O6/c1-11(21)20(10-16(22)23)9-13-8-19(5-6-26-13)17(24)12-3-4-15(25-2)14(18)7-12/h3-4,7,13H,5-6,8-10H2,1-2H3,(H,22,23). The van der Waals surface area contributed by atoms with Crippen LogP contribution < -0.4 is 4.74 Å². The highest BCUT2D eigenvalue weighted by Crippen LogP contribution is 2.19. The molecule has 0 radical (unpaired) electrons. The second kappa shape index (κ2) is 8.61. The number of carbonyl (C=O) groups is 3. The van der Waals surface area contributed by atoms with E-state index in [1.807, 2.05) is 0 Å². The Labute approximate surface area is 150 Å². The van der Waals surface area contributed by atoms with Gasteiger partial charge in [-0.2, -0.15) is 0 Å². The number of methoxy groups -OCH3 is 1. The van der Waals surface area contributed by atoms with Crippen LogP contribution in [0, 0.1) is 5.82 Å². The Bertz CT molecular complexity index is 696. The summed E-state index contributed by atoms with van der Waals surface area (Å²) >= 11 is 0. The van der Waals surface area contributed by atoms with Gasteiger partial charge in [-0.3, -0.25) is 14.4 Å². The van der Waals surface area contributed by atoms with Crippen LogP contribution in [-0.4, -0.2) is 78.7 Å². The third kappa shape index (κ3) is 4.92. The van der Waals surface area contributed by atoms with Gasteiger partial charge in [-0.1, -0.05) is 0 Å². The van der Waals surface area contributed by atoms with Crippen molar-refractivity contribution in [2.75, 3.05) is 39.9 Å². The number of carboxylic acids is 1. The van der Waals surface area contributed by atoms with E-state index in [-0.39, 0.29) is 36.9 Å². The number of rotatable bonds is 6. The fraction of sp³-hybridized carbons (Fsp3) is 0.471. The zero-order chi connectivity index (χ0) is 19.3. The number of nitrogens with zero attached hydrogens (tertiary/aromatic N) is 2. The second-order valence-electron chi connectivity index (χ2n) is 5.89. The maximum atomic E-state index is 13.8. The van der Waals surface area contributed by atoms with Gasteiger partial charge >= 0.3 is 5.97 Å². The Hall–Kier alpha value is -2.68. The molecule has 2 rings (SSSR count). The van der Waals surface area contributed by atoms with Crippen LogP contribution in [0.25, 0.3) is 0 Å². The molecule has 0 saturated carbocycles. The first-order valence-electron chi connectivity index (χ1n) is 8.03. The zero-order valence-corrected chi connectivity index (χ0v) is 14.6. The fourth-order valence-corrected chi connectivity index (χ4v) is 2.71. The number of hydrogen-bond acceptors (Lipinski definition) is 5. The number of carboxylic acid groups (broad SMARTS) is 1. The average Bonchev–Trinajstić information content (AvgIpc) is 2.60. The zero-order valence-electron chi connectivity index (χ0n) is 14.6. The van der Waals surface area contributed by atoms with Crippen LogP contribution >= 0.6 is 0 Å². The summed E-state index contributed by atoms with van der Waals surface area (Å²) in [6.45, 7) is 1.63. The summed E-state index contributed by atoms with van der Waals surface area (Å²) in [7, 11) is 1.34. The Morgan fingerprint density at radius 1 is 1.42 bits per heavy atom. The van der Waals surface area contributed by atoms with Crippen LogP contribution in [0.2, 0.25) is 0 Å². The minimum absolute atomic E-state index is 0.0483. The van der Waals surface area contributed by atoms with E-state index in [0.717, 1.165) is 11.0 Å². The Morgan fingerprint density at radius 3 is 2.73 bits per heavy atom. The lowest BCUT2D eigenvalue weighted by Gasteiger charge is -2.35. The lowest BCUT2D eigenvalue weighted by molar-refractivity contribution is -0.145. The van der Waals surface area contributed by atoms with Crippen LogP contribution in [0.3, 0.4) is 0 Å². The molecule has 1 aliphatic rings. The van der Waals surface area contributed by atoms with E-state index in [4.69, 9.17) is 14.6 Å². The van der Waals surface area contributed by atoms with Gasteiger partial charge in [-0.05, 0) is 18.2 Å². The summed E-state index contributed by atoms with van der Waals surface area (Å²) < 4.78 is 24.2. The number of hydrogen-bond donors (Lipinski definition) is 1. The number of carbonyl (C=O) groups excluding carboxylic acids is 2. The lowest BCUT2D eigenvalue weighted by Crippen LogP contribution is -2.51. The molecule has 0 spiro atoms. The molecule has 0 bridgehead atoms. The van der Waals surface area contributed by atoms with Crippen molar-refractivity contribution in [2.24, 2.45) is 0 Å². The monoisotopic (exact) mass is 368 g/mol. The van der Waals surface area contributed by atoms with Crippen LogP contribution in [0.4, 0.5) is 4.39 Å². The highest BCUT2D eigenvalue weighted by Gasteiger charge is 2.28. The number of amides is 2. The first kappa shape index (κ1) is 19.6. The summed E-state index contributed by atoms with van der Waals surface area (Å²) in [5.74, 6) is -2.47. The van der Waals surface area contributed by atoms with Gasteiger partial charge in [-0.15, -0.1) is 0 Å². The second-order valence-corrected chi connectivity index (χ2v) is 5.89. The van der Waals surface area contributed by atoms with Crippen molar-refractivity contribution in [1.82, 2.24) is 9.80 Å². The molecule has 1 aromatic carbocycles. The number of halogens is 1. The largest absolute Gasteiger partial charge is 0.494 e. The van der Waals surface area contributed by atoms with Crippen molar-refractivity contribution in [3.8, 4) is 5.75 Å². The van der Waals surface area contributed by atoms with Crippen molar-refractivity contribution in [1.29, 1.82) is 0 Å². The summed E-state index contributed by atoms with van der Waals surface area (Å²) in [5.41, 5.74) is 0.179. The summed E-state index contributed by atoms with van der Waals surface area (Å²) in [5, 5.41) is 8.87.